The third kappa shape index (κ3) is 2.65. The summed E-state index contributed by atoms with van der Waals surface area (Å²) in [6.07, 6.45) is 0. The van der Waals surface area contributed by atoms with E-state index in [9.17, 15) is 0 Å². The Kier molecular flexibility index (Phi) is 3.88. The first-order chi connectivity index (χ1) is 8.72. The average Bonchev–Trinajstić information content (AvgIpc) is 2.88. The third-order valence-electron chi connectivity index (χ3n) is 2.78. The van der Waals surface area contributed by atoms with Gasteiger partial charge < -0.3 is 10.6 Å². The molecule has 1 atom stereocenters. The lowest BCUT2D eigenvalue weighted by Gasteiger charge is -2.20. The number of aromatic nitrogens is 4. The van der Waals surface area contributed by atoms with Gasteiger partial charge in [-0.15, -0.1) is 0 Å². The molecule has 1 unspecified atom stereocenters. The quantitative estimate of drug-likeness (QED) is 0.840. The van der Waals surface area contributed by atoms with Crippen LogP contribution in [0.15, 0.2) is 30.3 Å². The van der Waals surface area contributed by atoms with Crippen LogP contribution in [0.2, 0.25) is 0 Å². The van der Waals surface area contributed by atoms with Crippen molar-refractivity contribution >= 4 is 5.95 Å². The van der Waals surface area contributed by atoms with E-state index in [0.29, 0.717) is 12.5 Å². The summed E-state index contributed by atoms with van der Waals surface area (Å²) in [4.78, 5) is 2.02. The number of benzene rings is 1. The fourth-order valence-corrected chi connectivity index (χ4v) is 1.78. The minimum atomic E-state index is 0.399. The van der Waals surface area contributed by atoms with Crippen molar-refractivity contribution in [2.45, 2.75) is 6.92 Å². The molecular weight excluding hydrogens is 228 g/mol. The number of hydrogen-bond acceptors (Lipinski definition) is 5. The molecule has 0 aliphatic rings. The highest BCUT2D eigenvalue weighted by Gasteiger charge is 2.14. The van der Waals surface area contributed by atoms with E-state index < -0.39 is 0 Å². The van der Waals surface area contributed by atoms with E-state index in [4.69, 9.17) is 5.73 Å². The zero-order valence-corrected chi connectivity index (χ0v) is 10.7. The smallest absolute Gasteiger partial charge is 0.250 e. The Balaban J connectivity index is 2.23. The Morgan fingerprint density at radius 3 is 2.72 bits per heavy atom. The molecule has 0 radical (unpaired) electrons. The minimum Gasteiger partial charge on any atom is -0.342 e. The summed E-state index contributed by atoms with van der Waals surface area (Å²) in [6.45, 7) is 3.58. The van der Waals surface area contributed by atoms with Gasteiger partial charge in [0.25, 0.3) is 0 Å². The molecule has 1 aromatic carbocycles. The maximum absolute atomic E-state index is 5.64. The molecule has 2 rings (SSSR count). The molecular formula is C12H18N6. The number of para-hydroxylation sites is 1. The van der Waals surface area contributed by atoms with Crippen LogP contribution in [0.1, 0.15) is 6.92 Å². The highest BCUT2D eigenvalue weighted by atomic mass is 15.6. The van der Waals surface area contributed by atoms with E-state index in [-0.39, 0.29) is 0 Å². The van der Waals surface area contributed by atoms with Crippen LogP contribution in [-0.4, -0.2) is 40.3 Å². The Labute approximate surface area is 106 Å². The molecule has 2 N–H and O–H groups in total. The number of rotatable bonds is 5. The van der Waals surface area contributed by atoms with Crippen LogP contribution in [-0.2, 0) is 0 Å². The van der Waals surface area contributed by atoms with Gasteiger partial charge in [-0.1, -0.05) is 30.2 Å². The minimum absolute atomic E-state index is 0.399. The largest absolute Gasteiger partial charge is 0.342 e. The molecule has 0 amide bonds. The highest BCUT2D eigenvalue weighted by Crippen LogP contribution is 2.14. The topological polar surface area (TPSA) is 72.9 Å². The maximum atomic E-state index is 5.64. The molecule has 0 fully saturated rings. The molecule has 0 bridgehead atoms. The molecule has 0 aliphatic heterocycles. The summed E-state index contributed by atoms with van der Waals surface area (Å²) < 4.78 is 1.73. The molecule has 2 aromatic rings. The molecule has 0 aliphatic carbocycles. The predicted octanol–water partition coefficient (Wildman–Crippen LogP) is 0.693. The summed E-state index contributed by atoms with van der Waals surface area (Å²) in [7, 11) is 1.97. The van der Waals surface area contributed by atoms with Crippen molar-refractivity contribution < 1.29 is 0 Å². The molecule has 18 heavy (non-hydrogen) atoms. The maximum Gasteiger partial charge on any atom is 0.250 e. The van der Waals surface area contributed by atoms with Crippen molar-refractivity contribution in [3.8, 4) is 5.69 Å². The number of hydrogen-bond donors (Lipinski definition) is 1. The number of nitrogens with two attached hydrogens (primary N) is 1. The molecule has 1 aromatic heterocycles. The molecule has 96 valence electrons. The zero-order chi connectivity index (χ0) is 13.0. The van der Waals surface area contributed by atoms with E-state index >= 15 is 0 Å². The molecule has 6 heteroatoms. The van der Waals surface area contributed by atoms with E-state index in [0.717, 1.165) is 18.2 Å². The van der Waals surface area contributed by atoms with E-state index in [1.54, 1.807) is 4.68 Å². The fourth-order valence-electron chi connectivity index (χ4n) is 1.78. The molecule has 0 saturated carbocycles. The fraction of sp³-hybridized carbons (Fsp3) is 0.417. The second-order valence-corrected chi connectivity index (χ2v) is 4.45. The van der Waals surface area contributed by atoms with Gasteiger partial charge in [0.15, 0.2) is 0 Å². The molecule has 0 spiro atoms. The SMILES string of the molecule is CC(CN)CN(C)c1nnnn1-c1ccccc1. The Bertz CT molecular complexity index is 480. The first-order valence-corrected chi connectivity index (χ1v) is 5.97. The normalized spacial score (nSPS) is 12.4. The average molecular weight is 246 g/mol. The van der Waals surface area contributed by atoms with E-state index in [1.807, 2.05) is 42.3 Å². The first kappa shape index (κ1) is 12.5. The highest BCUT2D eigenvalue weighted by molar-refractivity contribution is 5.39. The number of tetrazole rings is 1. The van der Waals surface area contributed by atoms with Crippen molar-refractivity contribution in [2.75, 3.05) is 25.0 Å². The molecule has 1 heterocycles. The van der Waals surface area contributed by atoms with Crippen LogP contribution in [0, 0.1) is 5.92 Å². The van der Waals surface area contributed by atoms with E-state index in [1.165, 1.54) is 0 Å². The van der Waals surface area contributed by atoms with Gasteiger partial charge >= 0.3 is 0 Å². The van der Waals surface area contributed by atoms with Gasteiger partial charge in [-0.05, 0) is 35.0 Å². The summed E-state index contributed by atoms with van der Waals surface area (Å²) in [5.74, 6) is 1.12. The first-order valence-electron chi connectivity index (χ1n) is 5.97. The van der Waals surface area contributed by atoms with Crippen LogP contribution in [0.25, 0.3) is 5.69 Å². The van der Waals surface area contributed by atoms with Crippen molar-refractivity contribution in [3.63, 3.8) is 0 Å². The van der Waals surface area contributed by atoms with Crippen molar-refractivity contribution in [1.82, 2.24) is 20.2 Å². The lowest BCUT2D eigenvalue weighted by atomic mass is 10.2. The predicted molar refractivity (Wildman–Crippen MR) is 70.6 cm³/mol. The van der Waals surface area contributed by atoms with Crippen LogP contribution in [0.5, 0.6) is 0 Å². The van der Waals surface area contributed by atoms with Crippen LogP contribution in [0.4, 0.5) is 5.95 Å². The Hall–Kier alpha value is -1.95. The van der Waals surface area contributed by atoms with Gasteiger partial charge in [-0.2, -0.15) is 4.68 Å². The second-order valence-electron chi connectivity index (χ2n) is 4.45. The van der Waals surface area contributed by atoms with Gasteiger partial charge in [-0.3, -0.25) is 0 Å². The number of nitrogens with zero attached hydrogens (tertiary/aromatic N) is 5. The summed E-state index contributed by atoms with van der Waals surface area (Å²) in [5, 5.41) is 11.8. The van der Waals surface area contributed by atoms with Gasteiger partial charge in [0.05, 0.1) is 5.69 Å². The second kappa shape index (κ2) is 5.59. The van der Waals surface area contributed by atoms with Crippen molar-refractivity contribution in [3.05, 3.63) is 30.3 Å². The van der Waals surface area contributed by atoms with E-state index in [2.05, 4.69) is 22.4 Å². The molecule has 0 saturated heterocycles. The van der Waals surface area contributed by atoms with Gasteiger partial charge in [0, 0.05) is 13.6 Å². The number of anilines is 1. The lowest BCUT2D eigenvalue weighted by Crippen LogP contribution is -2.30. The lowest BCUT2D eigenvalue weighted by molar-refractivity contribution is 0.581. The van der Waals surface area contributed by atoms with Gasteiger partial charge in [-0.25, -0.2) is 0 Å². The summed E-state index contributed by atoms with van der Waals surface area (Å²) in [6, 6.07) is 9.83. The Morgan fingerprint density at radius 1 is 1.33 bits per heavy atom. The zero-order valence-electron chi connectivity index (χ0n) is 10.7. The standard InChI is InChI=1S/C12H18N6/c1-10(8-13)9-17(2)12-14-15-16-18(12)11-6-4-3-5-7-11/h3-7,10H,8-9,13H2,1-2H3. The monoisotopic (exact) mass is 246 g/mol. The van der Waals surface area contributed by atoms with Gasteiger partial charge in [0.2, 0.25) is 5.95 Å². The van der Waals surface area contributed by atoms with Gasteiger partial charge in [0.1, 0.15) is 0 Å². The van der Waals surface area contributed by atoms with Crippen molar-refractivity contribution in [1.29, 1.82) is 0 Å². The van der Waals surface area contributed by atoms with Crippen molar-refractivity contribution in [2.24, 2.45) is 11.7 Å². The summed E-state index contributed by atoms with van der Waals surface area (Å²) in [5.41, 5.74) is 6.59. The van der Waals surface area contributed by atoms with Crippen LogP contribution >= 0.6 is 0 Å². The van der Waals surface area contributed by atoms with Crippen LogP contribution < -0.4 is 10.6 Å². The Morgan fingerprint density at radius 2 is 2.06 bits per heavy atom. The summed E-state index contributed by atoms with van der Waals surface area (Å²) >= 11 is 0. The molecule has 6 nitrogen and oxygen atoms in total. The third-order valence-corrected chi connectivity index (χ3v) is 2.78. The van der Waals surface area contributed by atoms with Crippen LogP contribution in [0.3, 0.4) is 0 Å².